The molecule has 0 atom stereocenters. The van der Waals surface area contributed by atoms with E-state index in [0.717, 1.165) is 5.56 Å². The Bertz CT molecular complexity index is 626. The van der Waals surface area contributed by atoms with Gasteiger partial charge in [-0.05, 0) is 17.7 Å². The minimum atomic E-state index is -0.432. The lowest BCUT2D eigenvalue weighted by atomic mass is 10.1. The molecular weight excluding hydrogens is 281 g/mol. The average molecular weight is 294 g/mol. The maximum Gasteiger partial charge on any atom is 0.170 e. The molecule has 0 spiro atoms. The van der Waals surface area contributed by atoms with Crippen molar-refractivity contribution in [2.45, 2.75) is 6.54 Å². The molecule has 0 heterocycles. The zero-order valence-corrected chi connectivity index (χ0v) is 11.2. The highest BCUT2D eigenvalue weighted by Gasteiger charge is 2.09. The zero-order valence-electron chi connectivity index (χ0n) is 10.5. The summed E-state index contributed by atoms with van der Waals surface area (Å²) in [7, 11) is 0. The molecule has 20 heavy (non-hydrogen) atoms. The Morgan fingerprint density at radius 3 is 2.70 bits per heavy atom. The van der Waals surface area contributed by atoms with Gasteiger partial charge in [0, 0.05) is 12.1 Å². The number of rotatable bonds is 4. The molecule has 0 saturated carbocycles. The minimum Gasteiger partial charge on any atom is -0.409 e. The van der Waals surface area contributed by atoms with Crippen molar-refractivity contribution in [1.29, 1.82) is 0 Å². The van der Waals surface area contributed by atoms with Crippen LogP contribution in [0.3, 0.4) is 0 Å². The van der Waals surface area contributed by atoms with Crippen molar-refractivity contribution in [3.63, 3.8) is 0 Å². The molecule has 4 N–H and O–H groups in total. The Morgan fingerprint density at radius 1 is 1.25 bits per heavy atom. The maximum absolute atomic E-state index is 13.6. The van der Waals surface area contributed by atoms with Gasteiger partial charge in [0.1, 0.15) is 5.82 Å². The second-order valence-corrected chi connectivity index (χ2v) is 4.50. The van der Waals surface area contributed by atoms with Gasteiger partial charge >= 0.3 is 0 Å². The van der Waals surface area contributed by atoms with Crippen LogP contribution >= 0.6 is 11.6 Å². The summed E-state index contributed by atoms with van der Waals surface area (Å²) in [4.78, 5) is 0. The van der Waals surface area contributed by atoms with E-state index in [-0.39, 0.29) is 11.5 Å². The van der Waals surface area contributed by atoms with E-state index in [2.05, 4.69) is 10.5 Å². The fourth-order valence-corrected chi connectivity index (χ4v) is 2.06. The summed E-state index contributed by atoms with van der Waals surface area (Å²) in [6.45, 7) is 0.299. The molecule has 4 nitrogen and oxygen atoms in total. The van der Waals surface area contributed by atoms with Crippen molar-refractivity contribution >= 4 is 23.1 Å². The van der Waals surface area contributed by atoms with E-state index in [0.29, 0.717) is 17.1 Å². The highest BCUT2D eigenvalue weighted by molar-refractivity contribution is 6.33. The first-order chi connectivity index (χ1) is 9.63. The molecule has 2 aromatic rings. The Kier molecular flexibility index (Phi) is 4.42. The lowest BCUT2D eigenvalue weighted by molar-refractivity contribution is 0.318. The van der Waals surface area contributed by atoms with Gasteiger partial charge in [-0.25, -0.2) is 4.39 Å². The first kappa shape index (κ1) is 14.1. The van der Waals surface area contributed by atoms with Crippen molar-refractivity contribution in [2.24, 2.45) is 10.9 Å². The second-order valence-electron chi connectivity index (χ2n) is 4.09. The largest absolute Gasteiger partial charge is 0.409 e. The molecule has 0 aliphatic carbocycles. The van der Waals surface area contributed by atoms with Crippen LogP contribution in [0.5, 0.6) is 0 Å². The van der Waals surface area contributed by atoms with Crippen molar-refractivity contribution in [1.82, 2.24) is 0 Å². The molecule has 0 amide bonds. The number of para-hydroxylation sites is 1. The Balaban J connectivity index is 2.24. The van der Waals surface area contributed by atoms with Crippen LogP contribution in [0.1, 0.15) is 11.1 Å². The summed E-state index contributed by atoms with van der Waals surface area (Å²) < 4.78 is 13.6. The molecule has 0 fully saturated rings. The molecule has 104 valence electrons. The number of anilines is 1. The van der Waals surface area contributed by atoms with Crippen LogP contribution in [-0.2, 0) is 6.54 Å². The van der Waals surface area contributed by atoms with E-state index in [1.54, 1.807) is 24.3 Å². The third-order valence-electron chi connectivity index (χ3n) is 2.82. The second kappa shape index (κ2) is 6.25. The van der Waals surface area contributed by atoms with Gasteiger partial charge in [0.25, 0.3) is 0 Å². The van der Waals surface area contributed by atoms with Gasteiger partial charge in [-0.1, -0.05) is 47.1 Å². The first-order valence-electron chi connectivity index (χ1n) is 5.87. The first-order valence-corrected chi connectivity index (χ1v) is 6.25. The van der Waals surface area contributed by atoms with Gasteiger partial charge < -0.3 is 16.3 Å². The smallest absolute Gasteiger partial charge is 0.170 e. The molecule has 0 bridgehead atoms. The minimum absolute atomic E-state index is 0.00188. The Morgan fingerprint density at radius 2 is 2.00 bits per heavy atom. The van der Waals surface area contributed by atoms with Crippen LogP contribution in [0.4, 0.5) is 10.1 Å². The molecule has 6 heteroatoms. The monoisotopic (exact) mass is 293 g/mol. The number of nitrogens with two attached hydrogens (primary N) is 1. The summed E-state index contributed by atoms with van der Waals surface area (Å²) in [6.07, 6.45) is 0. The fourth-order valence-electron chi connectivity index (χ4n) is 1.83. The van der Waals surface area contributed by atoms with Crippen LogP contribution < -0.4 is 11.1 Å². The third kappa shape index (κ3) is 3.00. The van der Waals surface area contributed by atoms with Crippen LogP contribution in [0.15, 0.2) is 47.6 Å². The van der Waals surface area contributed by atoms with E-state index in [9.17, 15) is 4.39 Å². The predicted octanol–water partition coefficient (Wildman–Crippen LogP) is 3.19. The predicted molar refractivity (Wildman–Crippen MR) is 77.7 cm³/mol. The zero-order chi connectivity index (χ0) is 14.5. The molecular formula is C14H13ClFN3O. The number of hydrogen-bond acceptors (Lipinski definition) is 3. The van der Waals surface area contributed by atoms with Gasteiger partial charge in [-0.2, -0.15) is 0 Å². The number of nitrogens with zero attached hydrogens (tertiary/aromatic N) is 1. The van der Waals surface area contributed by atoms with Crippen LogP contribution in [0.25, 0.3) is 0 Å². The molecule has 2 rings (SSSR count). The number of halogens is 2. The standard InChI is InChI=1S/C14H13ClFN3O/c15-11-6-3-7-12(16)13(11)18-8-9-4-1-2-5-10(9)14(17)19-20/h1-7,18,20H,8H2,(H2,17,19). The summed E-state index contributed by atoms with van der Waals surface area (Å²) in [5.74, 6) is -0.430. The Labute approximate surface area is 120 Å². The summed E-state index contributed by atoms with van der Waals surface area (Å²) in [6, 6.07) is 11.6. The van der Waals surface area contributed by atoms with Crippen molar-refractivity contribution < 1.29 is 9.60 Å². The molecule has 2 aromatic carbocycles. The third-order valence-corrected chi connectivity index (χ3v) is 3.13. The lowest BCUT2D eigenvalue weighted by Gasteiger charge is -2.12. The highest BCUT2D eigenvalue weighted by Crippen LogP contribution is 2.25. The maximum atomic E-state index is 13.6. The molecule has 0 aromatic heterocycles. The summed E-state index contributed by atoms with van der Waals surface area (Å²) in [5, 5.41) is 14.9. The summed E-state index contributed by atoms with van der Waals surface area (Å²) in [5.41, 5.74) is 7.17. The number of hydrogen-bond donors (Lipinski definition) is 3. The summed E-state index contributed by atoms with van der Waals surface area (Å²) >= 11 is 5.93. The topological polar surface area (TPSA) is 70.6 Å². The van der Waals surface area contributed by atoms with Crippen molar-refractivity contribution in [2.75, 3.05) is 5.32 Å². The van der Waals surface area contributed by atoms with Gasteiger partial charge in [0.2, 0.25) is 0 Å². The molecule has 0 unspecified atom stereocenters. The molecule has 0 radical (unpaired) electrons. The highest BCUT2D eigenvalue weighted by atomic mass is 35.5. The molecule has 0 aliphatic heterocycles. The quantitative estimate of drug-likeness (QED) is 0.351. The number of nitrogens with one attached hydrogen (secondary N) is 1. The normalized spacial score (nSPS) is 11.4. The van der Waals surface area contributed by atoms with Gasteiger partial charge in [-0.3, -0.25) is 0 Å². The van der Waals surface area contributed by atoms with E-state index in [4.69, 9.17) is 22.5 Å². The van der Waals surface area contributed by atoms with Gasteiger partial charge in [0.15, 0.2) is 5.84 Å². The number of benzene rings is 2. The molecule has 0 saturated heterocycles. The van der Waals surface area contributed by atoms with Gasteiger partial charge in [-0.15, -0.1) is 0 Å². The van der Waals surface area contributed by atoms with Crippen molar-refractivity contribution in [3.05, 3.63) is 64.4 Å². The molecule has 0 aliphatic rings. The van der Waals surface area contributed by atoms with E-state index < -0.39 is 5.82 Å². The fraction of sp³-hybridized carbons (Fsp3) is 0.0714. The lowest BCUT2D eigenvalue weighted by Crippen LogP contribution is -2.17. The van der Waals surface area contributed by atoms with Crippen molar-refractivity contribution in [3.8, 4) is 0 Å². The van der Waals surface area contributed by atoms with E-state index >= 15 is 0 Å². The van der Waals surface area contributed by atoms with E-state index in [1.807, 2.05) is 6.07 Å². The number of oxime groups is 1. The van der Waals surface area contributed by atoms with E-state index in [1.165, 1.54) is 12.1 Å². The number of amidine groups is 1. The average Bonchev–Trinajstić information content (AvgIpc) is 2.46. The van der Waals surface area contributed by atoms with Crippen LogP contribution in [-0.4, -0.2) is 11.0 Å². The van der Waals surface area contributed by atoms with Crippen LogP contribution in [0.2, 0.25) is 5.02 Å². The Hall–Kier alpha value is -2.27. The SMILES string of the molecule is N/C(=N/O)c1ccccc1CNc1c(F)cccc1Cl. The van der Waals surface area contributed by atoms with Crippen LogP contribution in [0, 0.1) is 5.82 Å². The van der Waals surface area contributed by atoms with Gasteiger partial charge in [0.05, 0.1) is 10.7 Å².